The largest absolute Gasteiger partial charge is 0.324 e. The van der Waals surface area contributed by atoms with Gasteiger partial charge in [0.25, 0.3) is 0 Å². The maximum atomic E-state index is 11.4. The van der Waals surface area contributed by atoms with Crippen LogP contribution in [0, 0.1) is 6.92 Å². The van der Waals surface area contributed by atoms with Crippen molar-refractivity contribution < 1.29 is 4.79 Å². The van der Waals surface area contributed by atoms with Gasteiger partial charge in [0.15, 0.2) is 5.78 Å². The average molecular weight is 181 g/mol. The molecule has 0 unspecified atom stereocenters. The number of Topliss-reactive ketones (excluding diaryl/α,β-unsaturated/α-hetero) is 1. The molecule has 0 aromatic carbocycles. The van der Waals surface area contributed by atoms with E-state index in [-0.39, 0.29) is 18.4 Å². The Labute approximate surface area is 77.8 Å². The SMILES string of the molecule is Cc1ncc(C(=O)CN)n1C(C)C. The number of carbonyl (C=O) groups is 1. The predicted octanol–water partition coefficient (Wildman–Crippen LogP) is 0.914. The van der Waals surface area contributed by atoms with Gasteiger partial charge in [-0.05, 0) is 20.8 Å². The van der Waals surface area contributed by atoms with E-state index in [0.29, 0.717) is 5.69 Å². The number of imidazole rings is 1. The summed E-state index contributed by atoms with van der Waals surface area (Å²) < 4.78 is 1.90. The summed E-state index contributed by atoms with van der Waals surface area (Å²) in [5, 5.41) is 0. The van der Waals surface area contributed by atoms with Crippen molar-refractivity contribution in [3.63, 3.8) is 0 Å². The van der Waals surface area contributed by atoms with E-state index in [2.05, 4.69) is 4.98 Å². The molecule has 4 nitrogen and oxygen atoms in total. The number of nitrogens with zero attached hydrogens (tertiary/aromatic N) is 2. The maximum Gasteiger partial charge on any atom is 0.194 e. The minimum Gasteiger partial charge on any atom is -0.324 e. The molecule has 0 saturated carbocycles. The fraction of sp³-hybridized carbons (Fsp3) is 0.556. The minimum absolute atomic E-state index is 0.0395. The molecule has 0 bridgehead atoms. The van der Waals surface area contributed by atoms with Gasteiger partial charge in [0.05, 0.1) is 12.7 Å². The molecule has 72 valence electrons. The highest BCUT2D eigenvalue weighted by molar-refractivity contribution is 5.95. The van der Waals surface area contributed by atoms with Gasteiger partial charge in [-0.1, -0.05) is 0 Å². The van der Waals surface area contributed by atoms with Gasteiger partial charge in [0.2, 0.25) is 0 Å². The van der Waals surface area contributed by atoms with Gasteiger partial charge in [-0.3, -0.25) is 4.79 Å². The third kappa shape index (κ3) is 1.78. The lowest BCUT2D eigenvalue weighted by molar-refractivity contribution is 0.0991. The lowest BCUT2D eigenvalue weighted by Crippen LogP contribution is -2.19. The molecule has 0 amide bonds. The molecule has 0 atom stereocenters. The Morgan fingerprint density at radius 3 is 2.77 bits per heavy atom. The maximum absolute atomic E-state index is 11.4. The van der Waals surface area contributed by atoms with Crippen LogP contribution in [-0.2, 0) is 0 Å². The van der Waals surface area contributed by atoms with Crippen LogP contribution in [0.5, 0.6) is 0 Å². The summed E-state index contributed by atoms with van der Waals surface area (Å²) in [5.74, 6) is 0.793. The van der Waals surface area contributed by atoms with Crippen LogP contribution in [0.1, 0.15) is 36.2 Å². The zero-order valence-electron chi connectivity index (χ0n) is 8.24. The normalized spacial score (nSPS) is 10.8. The standard InChI is InChI=1S/C9H15N3O/c1-6(2)12-7(3)11-5-8(12)9(13)4-10/h5-6H,4,10H2,1-3H3. The summed E-state index contributed by atoms with van der Waals surface area (Å²) in [5.41, 5.74) is 5.90. The van der Waals surface area contributed by atoms with E-state index in [9.17, 15) is 4.79 Å². The zero-order valence-corrected chi connectivity index (χ0v) is 8.24. The van der Waals surface area contributed by atoms with Gasteiger partial charge in [0, 0.05) is 6.04 Å². The highest BCUT2D eigenvalue weighted by atomic mass is 16.1. The first-order valence-corrected chi connectivity index (χ1v) is 4.35. The summed E-state index contributed by atoms with van der Waals surface area (Å²) in [6, 6.07) is 0.244. The highest BCUT2D eigenvalue weighted by Gasteiger charge is 2.14. The van der Waals surface area contributed by atoms with E-state index in [1.54, 1.807) is 6.20 Å². The molecule has 1 aromatic rings. The number of nitrogens with two attached hydrogens (primary N) is 1. The zero-order chi connectivity index (χ0) is 10.0. The second-order valence-corrected chi connectivity index (χ2v) is 3.28. The molecule has 0 aliphatic rings. The summed E-state index contributed by atoms with van der Waals surface area (Å²) in [7, 11) is 0. The molecule has 13 heavy (non-hydrogen) atoms. The molecule has 0 radical (unpaired) electrons. The summed E-state index contributed by atoms with van der Waals surface area (Å²) in [6.07, 6.45) is 1.59. The van der Waals surface area contributed by atoms with Crippen molar-refractivity contribution in [3.8, 4) is 0 Å². The highest BCUT2D eigenvalue weighted by Crippen LogP contribution is 2.12. The Kier molecular flexibility index (Phi) is 2.83. The molecule has 0 saturated heterocycles. The van der Waals surface area contributed by atoms with Crippen LogP contribution >= 0.6 is 0 Å². The Morgan fingerprint density at radius 2 is 2.31 bits per heavy atom. The van der Waals surface area contributed by atoms with E-state index in [1.807, 2.05) is 25.3 Å². The van der Waals surface area contributed by atoms with Crippen LogP contribution in [0.15, 0.2) is 6.20 Å². The Balaban J connectivity index is 3.15. The van der Waals surface area contributed by atoms with Crippen molar-refractivity contribution in [2.75, 3.05) is 6.54 Å². The van der Waals surface area contributed by atoms with Crippen LogP contribution in [0.4, 0.5) is 0 Å². The predicted molar refractivity (Wildman–Crippen MR) is 50.7 cm³/mol. The summed E-state index contributed by atoms with van der Waals surface area (Å²) in [6.45, 7) is 5.95. The molecule has 1 rings (SSSR count). The second kappa shape index (κ2) is 3.70. The third-order valence-electron chi connectivity index (χ3n) is 1.97. The number of aromatic nitrogens is 2. The van der Waals surface area contributed by atoms with Crippen molar-refractivity contribution >= 4 is 5.78 Å². The van der Waals surface area contributed by atoms with Crippen LogP contribution in [0.25, 0.3) is 0 Å². The van der Waals surface area contributed by atoms with Gasteiger partial charge in [-0.25, -0.2) is 4.98 Å². The Hall–Kier alpha value is -1.16. The first-order chi connectivity index (χ1) is 6.07. The number of aryl methyl sites for hydroxylation is 1. The molecular weight excluding hydrogens is 166 g/mol. The lowest BCUT2D eigenvalue weighted by Gasteiger charge is -2.12. The number of rotatable bonds is 3. The number of carbonyl (C=O) groups excluding carboxylic acids is 1. The van der Waals surface area contributed by atoms with Crippen molar-refractivity contribution in [2.24, 2.45) is 5.73 Å². The van der Waals surface area contributed by atoms with Gasteiger partial charge >= 0.3 is 0 Å². The van der Waals surface area contributed by atoms with E-state index in [0.717, 1.165) is 5.82 Å². The number of hydrogen-bond donors (Lipinski definition) is 1. The van der Waals surface area contributed by atoms with Gasteiger partial charge < -0.3 is 10.3 Å². The monoisotopic (exact) mass is 181 g/mol. The van der Waals surface area contributed by atoms with Crippen LogP contribution < -0.4 is 5.73 Å². The average Bonchev–Trinajstić information content (AvgIpc) is 2.45. The fourth-order valence-electron chi connectivity index (χ4n) is 1.42. The first-order valence-electron chi connectivity index (χ1n) is 4.35. The van der Waals surface area contributed by atoms with Crippen molar-refractivity contribution in [1.29, 1.82) is 0 Å². The van der Waals surface area contributed by atoms with Gasteiger partial charge in [-0.15, -0.1) is 0 Å². The summed E-state index contributed by atoms with van der Waals surface area (Å²) >= 11 is 0. The molecule has 1 heterocycles. The van der Waals surface area contributed by atoms with Crippen molar-refractivity contribution in [3.05, 3.63) is 17.7 Å². The molecule has 2 N–H and O–H groups in total. The minimum atomic E-state index is -0.0608. The van der Waals surface area contributed by atoms with Crippen molar-refractivity contribution in [1.82, 2.24) is 9.55 Å². The topological polar surface area (TPSA) is 60.9 Å². The van der Waals surface area contributed by atoms with Gasteiger partial charge in [-0.2, -0.15) is 0 Å². The summed E-state index contributed by atoms with van der Waals surface area (Å²) in [4.78, 5) is 15.5. The van der Waals surface area contributed by atoms with E-state index < -0.39 is 0 Å². The lowest BCUT2D eigenvalue weighted by atomic mass is 10.2. The van der Waals surface area contributed by atoms with Crippen LogP contribution in [0.2, 0.25) is 0 Å². The Bertz CT molecular complexity index is 315. The van der Waals surface area contributed by atoms with Crippen LogP contribution in [-0.4, -0.2) is 21.9 Å². The molecule has 1 aromatic heterocycles. The molecule has 0 fully saturated rings. The second-order valence-electron chi connectivity index (χ2n) is 3.28. The number of ketones is 1. The van der Waals surface area contributed by atoms with E-state index in [4.69, 9.17) is 5.73 Å². The molecule has 4 heteroatoms. The first kappa shape index (κ1) is 9.92. The quantitative estimate of drug-likeness (QED) is 0.705. The third-order valence-corrected chi connectivity index (χ3v) is 1.97. The van der Waals surface area contributed by atoms with Gasteiger partial charge in [0.1, 0.15) is 11.5 Å². The van der Waals surface area contributed by atoms with E-state index in [1.165, 1.54) is 0 Å². The molecule has 0 aliphatic heterocycles. The Morgan fingerprint density at radius 1 is 1.69 bits per heavy atom. The molecule has 0 spiro atoms. The smallest absolute Gasteiger partial charge is 0.194 e. The van der Waals surface area contributed by atoms with Crippen molar-refractivity contribution in [2.45, 2.75) is 26.8 Å². The fourth-order valence-corrected chi connectivity index (χ4v) is 1.42. The molecular formula is C9H15N3O. The molecule has 0 aliphatic carbocycles. The number of hydrogen-bond acceptors (Lipinski definition) is 3. The van der Waals surface area contributed by atoms with Crippen LogP contribution in [0.3, 0.4) is 0 Å². The van der Waals surface area contributed by atoms with E-state index >= 15 is 0 Å².